The topological polar surface area (TPSA) is 66.4 Å². The fourth-order valence-electron chi connectivity index (χ4n) is 0.893. The third-order valence-electron chi connectivity index (χ3n) is 1.46. The maximum absolute atomic E-state index is 11.0. The fourth-order valence-corrected chi connectivity index (χ4v) is 0.893. The molecular formula is C9H15NO3. The van der Waals surface area contributed by atoms with E-state index in [9.17, 15) is 9.59 Å². The summed E-state index contributed by atoms with van der Waals surface area (Å²) in [5, 5.41) is 11.0. The van der Waals surface area contributed by atoms with Crippen molar-refractivity contribution in [2.24, 2.45) is 0 Å². The first-order valence-corrected chi connectivity index (χ1v) is 4.18. The molecule has 0 rings (SSSR count). The van der Waals surface area contributed by atoms with E-state index in [1.807, 2.05) is 0 Å². The van der Waals surface area contributed by atoms with Crippen molar-refractivity contribution in [3.63, 3.8) is 0 Å². The molecule has 0 heterocycles. The number of carboxylic acids is 1. The molecule has 0 aliphatic carbocycles. The molecule has 0 aromatic heterocycles. The normalized spacial score (nSPS) is 11.8. The van der Waals surface area contributed by atoms with Crippen molar-refractivity contribution in [3.05, 3.63) is 12.7 Å². The average Bonchev–Trinajstić information content (AvgIpc) is 1.98. The molecule has 0 aliphatic heterocycles. The van der Waals surface area contributed by atoms with Gasteiger partial charge in [-0.2, -0.15) is 0 Å². The SMILES string of the molecule is C=CCCC(=O)NC(C)CC(=O)O. The molecule has 1 atom stereocenters. The highest BCUT2D eigenvalue weighted by atomic mass is 16.4. The number of carboxylic acid groups (broad SMARTS) is 1. The molecule has 0 aliphatic rings. The predicted octanol–water partition coefficient (Wildman–Crippen LogP) is 0.932. The number of rotatable bonds is 6. The number of carbonyl (C=O) groups excluding carboxylic acids is 1. The van der Waals surface area contributed by atoms with Crippen LogP contribution in [0.4, 0.5) is 0 Å². The molecule has 0 fully saturated rings. The van der Waals surface area contributed by atoms with Crippen LogP contribution < -0.4 is 5.32 Å². The molecule has 0 bridgehead atoms. The molecule has 0 aromatic carbocycles. The monoisotopic (exact) mass is 185 g/mol. The van der Waals surface area contributed by atoms with Crippen molar-refractivity contribution in [2.45, 2.75) is 32.2 Å². The van der Waals surface area contributed by atoms with E-state index in [0.29, 0.717) is 12.8 Å². The Kier molecular flexibility index (Phi) is 5.59. The molecule has 74 valence electrons. The highest BCUT2D eigenvalue weighted by Crippen LogP contribution is 1.94. The van der Waals surface area contributed by atoms with Crippen LogP contribution in [0.1, 0.15) is 26.2 Å². The zero-order chi connectivity index (χ0) is 10.3. The molecule has 0 saturated carbocycles. The lowest BCUT2D eigenvalue weighted by molar-refractivity contribution is -0.137. The summed E-state index contributed by atoms with van der Waals surface area (Å²) in [6.07, 6.45) is 2.60. The predicted molar refractivity (Wildman–Crippen MR) is 49.3 cm³/mol. The zero-order valence-electron chi connectivity index (χ0n) is 7.75. The molecule has 0 aromatic rings. The Hall–Kier alpha value is -1.32. The number of amides is 1. The van der Waals surface area contributed by atoms with Gasteiger partial charge in [-0.15, -0.1) is 6.58 Å². The van der Waals surface area contributed by atoms with Gasteiger partial charge in [0.15, 0.2) is 0 Å². The minimum absolute atomic E-state index is 0.0418. The Morgan fingerprint density at radius 3 is 2.69 bits per heavy atom. The van der Waals surface area contributed by atoms with Gasteiger partial charge in [-0.1, -0.05) is 6.08 Å². The Morgan fingerprint density at radius 2 is 2.23 bits per heavy atom. The van der Waals surface area contributed by atoms with Gasteiger partial charge in [-0.05, 0) is 13.3 Å². The molecule has 1 unspecified atom stereocenters. The Morgan fingerprint density at radius 1 is 1.62 bits per heavy atom. The van der Waals surface area contributed by atoms with E-state index in [1.165, 1.54) is 0 Å². The van der Waals surface area contributed by atoms with E-state index in [4.69, 9.17) is 5.11 Å². The number of nitrogens with one attached hydrogen (secondary N) is 1. The van der Waals surface area contributed by atoms with Gasteiger partial charge >= 0.3 is 5.97 Å². The van der Waals surface area contributed by atoms with Crippen LogP contribution in [-0.2, 0) is 9.59 Å². The number of hydrogen-bond donors (Lipinski definition) is 2. The molecule has 0 radical (unpaired) electrons. The maximum Gasteiger partial charge on any atom is 0.305 e. The first kappa shape index (κ1) is 11.7. The fraction of sp³-hybridized carbons (Fsp3) is 0.556. The summed E-state index contributed by atoms with van der Waals surface area (Å²) in [4.78, 5) is 21.3. The summed E-state index contributed by atoms with van der Waals surface area (Å²) in [5.74, 6) is -1.04. The summed E-state index contributed by atoms with van der Waals surface area (Å²) in [6, 6.07) is -0.310. The second kappa shape index (κ2) is 6.22. The van der Waals surface area contributed by atoms with Gasteiger partial charge in [0.25, 0.3) is 0 Å². The molecule has 1 amide bonds. The van der Waals surface area contributed by atoms with E-state index in [-0.39, 0.29) is 18.4 Å². The Bertz CT molecular complexity index is 201. The quantitative estimate of drug-likeness (QED) is 0.605. The first-order valence-electron chi connectivity index (χ1n) is 4.18. The van der Waals surface area contributed by atoms with Crippen LogP contribution in [0.15, 0.2) is 12.7 Å². The minimum atomic E-state index is -0.906. The smallest absolute Gasteiger partial charge is 0.305 e. The number of carbonyl (C=O) groups is 2. The standard InChI is InChI=1S/C9H15NO3/c1-3-4-5-8(11)10-7(2)6-9(12)13/h3,7H,1,4-6H2,2H3,(H,10,11)(H,12,13). The van der Waals surface area contributed by atoms with Crippen molar-refractivity contribution in [2.75, 3.05) is 0 Å². The van der Waals surface area contributed by atoms with E-state index in [2.05, 4.69) is 11.9 Å². The molecular weight excluding hydrogens is 170 g/mol. The van der Waals surface area contributed by atoms with Crippen LogP contribution in [0.2, 0.25) is 0 Å². The van der Waals surface area contributed by atoms with Crippen LogP contribution in [-0.4, -0.2) is 23.0 Å². The van der Waals surface area contributed by atoms with Crippen LogP contribution in [0.5, 0.6) is 0 Å². The van der Waals surface area contributed by atoms with Gasteiger partial charge in [-0.3, -0.25) is 9.59 Å². The Labute approximate surface area is 77.6 Å². The summed E-state index contributed by atoms with van der Waals surface area (Å²) < 4.78 is 0. The minimum Gasteiger partial charge on any atom is -0.481 e. The summed E-state index contributed by atoms with van der Waals surface area (Å²) in [6.45, 7) is 5.15. The maximum atomic E-state index is 11.0. The summed E-state index contributed by atoms with van der Waals surface area (Å²) in [7, 11) is 0. The third-order valence-corrected chi connectivity index (χ3v) is 1.46. The highest BCUT2D eigenvalue weighted by molar-refractivity contribution is 5.77. The first-order chi connectivity index (χ1) is 6.06. The van der Waals surface area contributed by atoms with E-state index in [0.717, 1.165) is 0 Å². The molecule has 2 N–H and O–H groups in total. The summed E-state index contributed by atoms with van der Waals surface area (Å²) >= 11 is 0. The van der Waals surface area contributed by atoms with Gasteiger partial charge in [0.1, 0.15) is 0 Å². The van der Waals surface area contributed by atoms with Crippen molar-refractivity contribution in [1.29, 1.82) is 0 Å². The van der Waals surface area contributed by atoms with Crippen LogP contribution in [0.25, 0.3) is 0 Å². The summed E-state index contributed by atoms with van der Waals surface area (Å²) in [5.41, 5.74) is 0. The molecule has 13 heavy (non-hydrogen) atoms. The number of allylic oxidation sites excluding steroid dienone is 1. The lowest BCUT2D eigenvalue weighted by atomic mass is 10.2. The zero-order valence-corrected chi connectivity index (χ0v) is 7.75. The van der Waals surface area contributed by atoms with Gasteiger partial charge < -0.3 is 10.4 Å². The van der Waals surface area contributed by atoms with E-state index >= 15 is 0 Å². The van der Waals surface area contributed by atoms with Gasteiger partial charge in [0.05, 0.1) is 6.42 Å². The number of aliphatic carboxylic acids is 1. The largest absolute Gasteiger partial charge is 0.481 e. The van der Waals surface area contributed by atoms with Crippen molar-refractivity contribution >= 4 is 11.9 Å². The van der Waals surface area contributed by atoms with Crippen LogP contribution in [0, 0.1) is 0 Å². The molecule has 0 saturated heterocycles. The second-order valence-corrected chi connectivity index (χ2v) is 2.89. The lowest BCUT2D eigenvalue weighted by Crippen LogP contribution is -2.33. The lowest BCUT2D eigenvalue weighted by Gasteiger charge is -2.10. The third kappa shape index (κ3) is 7.05. The van der Waals surface area contributed by atoms with Crippen molar-refractivity contribution in [1.82, 2.24) is 5.32 Å². The number of hydrogen-bond acceptors (Lipinski definition) is 2. The van der Waals surface area contributed by atoms with E-state index in [1.54, 1.807) is 13.0 Å². The van der Waals surface area contributed by atoms with E-state index < -0.39 is 5.97 Å². The molecule has 4 nitrogen and oxygen atoms in total. The average molecular weight is 185 g/mol. The van der Waals surface area contributed by atoms with Gasteiger partial charge in [0, 0.05) is 12.5 Å². The highest BCUT2D eigenvalue weighted by Gasteiger charge is 2.09. The van der Waals surface area contributed by atoms with Crippen LogP contribution in [0.3, 0.4) is 0 Å². The van der Waals surface area contributed by atoms with Crippen molar-refractivity contribution in [3.8, 4) is 0 Å². The van der Waals surface area contributed by atoms with Gasteiger partial charge in [0.2, 0.25) is 5.91 Å². The van der Waals surface area contributed by atoms with Crippen molar-refractivity contribution < 1.29 is 14.7 Å². The molecule has 0 spiro atoms. The van der Waals surface area contributed by atoms with Crippen LogP contribution >= 0.6 is 0 Å². The second-order valence-electron chi connectivity index (χ2n) is 2.89. The van der Waals surface area contributed by atoms with Gasteiger partial charge in [-0.25, -0.2) is 0 Å². The molecule has 4 heteroatoms. The Balaban J connectivity index is 3.64.